The molecule has 0 unspecified atom stereocenters. The van der Waals surface area contributed by atoms with Crippen LogP contribution in [0.25, 0.3) is 11.3 Å². The van der Waals surface area contributed by atoms with E-state index < -0.39 is 0 Å². The molecule has 164 valence electrons. The van der Waals surface area contributed by atoms with Crippen molar-refractivity contribution < 1.29 is 4.74 Å². The number of ether oxygens (including phenoxy) is 1. The Bertz CT molecular complexity index is 973. The van der Waals surface area contributed by atoms with Crippen LogP contribution >= 0.6 is 0 Å². The van der Waals surface area contributed by atoms with E-state index in [1.54, 1.807) is 7.11 Å². The van der Waals surface area contributed by atoms with Crippen molar-refractivity contribution >= 4 is 0 Å². The van der Waals surface area contributed by atoms with Crippen LogP contribution in [0, 0.1) is 6.92 Å². The molecule has 0 saturated heterocycles. The van der Waals surface area contributed by atoms with Gasteiger partial charge in [0.1, 0.15) is 5.75 Å². The first-order valence-corrected chi connectivity index (χ1v) is 11.4. The van der Waals surface area contributed by atoms with Crippen LogP contribution in [0.1, 0.15) is 55.5 Å². The van der Waals surface area contributed by atoms with Crippen LogP contribution in [0.5, 0.6) is 5.75 Å². The monoisotopic (exact) mass is 416 g/mol. The van der Waals surface area contributed by atoms with Crippen molar-refractivity contribution in [3.8, 4) is 17.0 Å². The molecule has 0 aliphatic rings. The maximum atomic E-state index is 5.95. The van der Waals surface area contributed by atoms with Gasteiger partial charge in [-0.15, -0.1) is 0 Å². The molecule has 0 N–H and O–H groups in total. The highest BCUT2D eigenvalue weighted by atomic mass is 16.5. The number of pyridine rings is 1. The second-order valence-corrected chi connectivity index (χ2v) is 8.43. The molecule has 0 saturated carbocycles. The summed E-state index contributed by atoms with van der Waals surface area (Å²) in [5.41, 5.74) is 8.60. The van der Waals surface area contributed by atoms with Gasteiger partial charge in [-0.3, -0.25) is 9.88 Å². The van der Waals surface area contributed by atoms with E-state index in [1.807, 2.05) is 6.20 Å². The van der Waals surface area contributed by atoms with Crippen molar-refractivity contribution in [2.45, 2.75) is 66.6 Å². The quantitative estimate of drug-likeness (QED) is 0.393. The number of hydrogen-bond acceptors (Lipinski definition) is 3. The second-order valence-electron chi connectivity index (χ2n) is 8.43. The van der Waals surface area contributed by atoms with E-state index >= 15 is 0 Å². The van der Waals surface area contributed by atoms with E-state index in [-0.39, 0.29) is 0 Å². The minimum absolute atomic E-state index is 0.414. The predicted molar refractivity (Wildman–Crippen MR) is 131 cm³/mol. The molecular weight excluding hydrogens is 380 g/mol. The molecule has 0 atom stereocenters. The van der Waals surface area contributed by atoms with Crippen LogP contribution in [-0.4, -0.2) is 23.0 Å². The Kier molecular flexibility index (Phi) is 7.86. The largest absolute Gasteiger partial charge is 0.496 e. The fourth-order valence-corrected chi connectivity index (χ4v) is 4.30. The number of methoxy groups -OCH3 is 1. The number of rotatable bonds is 9. The molecule has 3 heteroatoms. The molecule has 3 aromatic rings. The molecule has 0 spiro atoms. The summed E-state index contributed by atoms with van der Waals surface area (Å²) in [4.78, 5) is 7.45. The van der Waals surface area contributed by atoms with Gasteiger partial charge >= 0.3 is 0 Å². The lowest BCUT2D eigenvalue weighted by Crippen LogP contribution is -2.30. The lowest BCUT2D eigenvalue weighted by Gasteiger charge is -2.28. The molecule has 0 bridgehead atoms. The molecule has 0 radical (unpaired) electrons. The van der Waals surface area contributed by atoms with Crippen molar-refractivity contribution in [2.75, 3.05) is 7.11 Å². The Balaban J connectivity index is 2.00. The Labute approximate surface area is 188 Å². The minimum atomic E-state index is 0.414. The van der Waals surface area contributed by atoms with E-state index in [4.69, 9.17) is 9.72 Å². The molecule has 3 nitrogen and oxygen atoms in total. The summed E-state index contributed by atoms with van der Waals surface area (Å²) in [6.45, 7) is 12.8. The zero-order chi connectivity index (χ0) is 22.4. The predicted octanol–water partition coefficient (Wildman–Crippen LogP) is 6.60. The highest BCUT2D eigenvalue weighted by Crippen LogP contribution is 2.36. The van der Waals surface area contributed by atoms with Crippen molar-refractivity contribution in [2.24, 2.45) is 0 Å². The molecule has 31 heavy (non-hydrogen) atoms. The normalized spacial score (nSPS) is 11.4. The van der Waals surface area contributed by atoms with Gasteiger partial charge in [-0.05, 0) is 50.3 Å². The van der Waals surface area contributed by atoms with E-state index in [0.717, 1.165) is 48.5 Å². The maximum absolute atomic E-state index is 5.95. The third-order valence-corrected chi connectivity index (χ3v) is 6.11. The first-order chi connectivity index (χ1) is 15.0. The average molecular weight is 417 g/mol. The topological polar surface area (TPSA) is 25.4 Å². The third-order valence-electron chi connectivity index (χ3n) is 6.11. The zero-order valence-electron chi connectivity index (χ0n) is 19.9. The summed E-state index contributed by atoms with van der Waals surface area (Å²) < 4.78 is 5.95. The van der Waals surface area contributed by atoms with Crippen LogP contribution in [0.2, 0.25) is 0 Å². The Morgan fingerprint density at radius 3 is 2.06 bits per heavy atom. The maximum Gasteiger partial charge on any atom is 0.129 e. The standard InChI is InChI=1S/C28H36N2O/c1-7-23-15-12-16-24(8-2)26(23)27-21(5)28(31-6)25(17-29-27)19-30(20(3)4)18-22-13-10-9-11-14-22/h9-17,20H,7-8,18-19H2,1-6H3. The van der Waals surface area contributed by atoms with Gasteiger partial charge < -0.3 is 4.74 Å². The lowest BCUT2D eigenvalue weighted by atomic mass is 9.92. The highest BCUT2D eigenvalue weighted by molar-refractivity contribution is 5.73. The van der Waals surface area contributed by atoms with Gasteiger partial charge in [0.15, 0.2) is 0 Å². The van der Waals surface area contributed by atoms with Gasteiger partial charge in [-0.2, -0.15) is 0 Å². The van der Waals surface area contributed by atoms with Crippen molar-refractivity contribution in [1.29, 1.82) is 0 Å². The summed E-state index contributed by atoms with van der Waals surface area (Å²) in [6.07, 6.45) is 4.01. The summed E-state index contributed by atoms with van der Waals surface area (Å²) in [5, 5.41) is 0. The van der Waals surface area contributed by atoms with E-state index in [9.17, 15) is 0 Å². The summed E-state index contributed by atoms with van der Waals surface area (Å²) in [7, 11) is 1.78. The highest BCUT2D eigenvalue weighted by Gasteiger charge is 2.20. The number of nitrogens with zero attached hydrogens (tertiary/aromatic N) is 2. The van der Waals surface area contributed by atoms with E-state index in [2.05, 4.69) is 88.0 Å². The third kappa shape index (κ3) is 5.16. The molecule has 1 aromatic heterocycles. The summed E-state index contributed by atoms with van der Waals surface area (Å²) >= 11 is 0. The first kappa shape index (κ1) is 23.0. The molecule has 0 aliphatic carbocycles. The van der Waals surface area contributed by atoms with Crippen LogP contribution in [0.15, 0.2) is 54.7 Å². The summed E-state index contributed by atoms with van der Waals surface area (Å²) in [6, 6.07) is 17.7. The zero-order valence-corrected chi connectivity index (χ0v) is 19.9. The van der Waals surface area contributed by atoms with Gasteiger partial charge in [-0.1, -0.05) is 62.4 Å². The Hall–Kier alpha value is -2.65. The fourth-order valence-electron chi connectivity index (χ4n) is 4.30. The van der Waals surface area contributed by atoms with E-state index in [0.29, 0.717) is 6.04 Å². The van der Waals surface area contributed by atoms with Gasteiger partial charge in [0, 0.05) is 42.0 Å². The van der Waals surface area contributed by atoms with Crippen LogP contribution < -0.4 is 4.74 Å². The Morgan fingerprint density at radius 1 is 0.871 bits per heavy atom. The van der Waals surface area contributed by atoms with Gasteiger partial charge in [0.2, 0.25) is 0 Å². The molecule has 2 aromatic carbocycles. The van der Waals surface area contributed by atoms with Crippen LogP contribution in [-0.2, 0) is 25.9 Å². The Morgan fingerprint density at radius 2 is 1.52 bits per heavy atom. The van der Waals surface area contributed by atoms with Crippen molar-refractivity contribution in [3.63, 3.8) is 0 Å². The average Bonchev–Trinajstić information content (AvgIpc) is 2.79. The van der Waals surface area contributed by atoms with Gasteiger partial charge in [-0.25, -0.2) is 0 Å². The van der Waals surface area contributed by atoms with Gasteiger partial charge in [0.05, 0.1) is 12.8 Å². The fraction of sp³-hybridized carbons (Fsp3) is 0.393. The van der Waals surface area contributed by atoms with Crippen LogP contribution in [0.3, 0.4) is 0 Å². The number of hydrogen-bond donors (Lipinski definition) is 0. The van der Waals surface area contributed by atoms with Crippen molar-refractivity contribution in [3.05, 3.63) is 82.5 Å². The van der Waals surface area contributed by atoms with Crippen LogP contribution in [0.4, 0.5) is 0 Å². The number of aromatic nitrogens is 1. The number of aryl methyl sites for hydroxylation is 2. The second kappa shape index (κ2) is 10.6. The molecule has 1 heterocycles. The molecular formula is C28H36N2O. The molecule has 0 amide bonds. The molecule has 0 aliphatic heterocycles. The molecule has 3 rings (SSSR count). The van der Waals surface area contributed by atoms with Gasteiger partial charge in [0.25, 0.3) is 0 Å². The SMILES string of the molecule is CCc1cccc(CC)c1-c1ncc(CN(Cc2ccccc2)C(C)C)c(OC)c1C. The molecule has 0 fully saturated rings. The minimum Gasteiger partial charge on any atom is -0.496 e. The van der Waals surface area contributed by atoms with E-state index in [1.165, 1.54) is 22.3 Å². The number of benzene rings is 2. The summed E-state index contributed by atoms with van der Waals surface area (Å²) in [5.74, 6) is 0.955. The first-order valence-electron chi connectivity index (χ1n) is 11.4. The lowest BCUT2D eigenvalue weighted by molar-refractivity contribution is 0.200. The van der Waals surface area contributed by atoms with Crippen molar-refractivity contribution in [1.82, 2.24) is 9.88 Å². The smallest absolute Gasteiger partial charge is 0.129 e.